The lowest BCUT2D eigenvalue weighted by Gasteiger charge is -2.29. The highest BCUT2D eigenvalue weighted by molar-refractivity contribution is 7.12. The monoisotopic (exact) mass is 462 g/mol. The maximum Gasteiger partial charge on any atom is 0.315 e. The summed E-state index contributed by atoms with van der Waals surface area (Å²) in [5, 5.41) is 13.4. The first-order valence-corrected chi connectivity index (χ1v) is 11.8. The zero-order chi connectivity index (χ0) is 23.1. The Morgan fingerprint density at radius 1 is 0.848 bits per heavy atom. The van der Waals surface area contributed by atoms with Gasteiger partial charge in [-0.15, -0.1) is 11.3 Å². The van der Waals surface area contributed by atoms with Crippen LogP contribution in [0.5, 0.6) is 0 Å². The summed E-state index contributed by atoms with van der Waals surface area (Å²) < 4.78 is 0. The number of thiophene rings is 1. The molecule has 4 amide bonds. The number of hydrogen-bond acceptors (Lipinski definition) is 4. The second-order valence-corrected chi connectivity index (χ2v) is 9.00. The molecule has 0 bridgehead atoms. The number of benzene rings is 2. The minimum Gasteiger partial charge on any atom is -0.334 e. The predicted octanol–water partition coefficient (Wildman–Crippen LogP) is 4.75. The first kappa shape index (κ1) is 22.5. The molecule has 1 saturated carbocycles. The van der Waals surface area contributed by atoms with Gasteiger partial charge in [0.2, 0.25) is 5.91 Å². The van der Waals surface area contributed by atoms with Crippen LogP contribution in [0.3, 0.4) is 0 Å². The molecule has 1 heterocycles. The number of carbonyl (C=O) groups excluding carboxylic acids is 3. The molecule has 1 aliphatic carbocycles. The van der Waals surface area contributed by atoms with Gasteiger partial charge < -0.3 is 21.3 Å². The Labute approximate surface area is 196 Å². The second-order valence-electron chi connectivity index (χ2n) is 8.05. The molecule has 1 aromatic heterocycles. The SMILES string of the molecule is O=C(NCc1ccccc1)NC1(C(=O)Nc2cccc(NC(=O)c3cccs3)c2)CCCC1. The molecule has 33 heavy (non-hydrogen) atoms. The topological polar surface area (TPSA) is 99.3 Å². The second kappa shape index (κ2) is 10.3. The standard InChI is InChI=1S/C25H26N4O3S/c30-22(21-12-7-15-33-21)27-19-10-6-11-20(16-19)28-23(31)25(13-4-5-14-25)29-24(32)26-17-18-8-2-1-3-9-18/h1-3,6-12,15-16H,4-5,13-14,17H2,(H,27,30)(H,28,31)(H2,26,29,32). The minimum absolute atomic E-state index is 0.197. The number of nitrogens with one attached hydrogen (secondary N) is 4. The van der Waals surface area contributed by atoms with Gasteiger partial charge in [-0.2, -0.15) is 0 Å². The lowest BCUT2D eigenvalue weighted by atomic mass is 9.96. The summed E-state index contributed by atoms with van der Waals surface area (Å²) in [6.45, 7) is 0.385. The van der Waals surface area contributed by atoms with Gasteiger partial charge in [-0.05, 0) is 48.1 Å². The Balaban J connectivity index is 1.39. The molecule has 2 aromatic carbocycles. The van der Waals surface area contributed by atoms with Crippen molar-refractivity contribution in [1.82, 2.24) is 10.6 Å². The van der Waals surface area contributed by atoms with Crippen molar-refractivity contribution >= 4 is 40.6 Å². The number of hydrogen-bond donors (Lipinski definition) is 4. The third-order valence-corrected chi connectivity index (χ3v) is 6.53. The fourth-order valence-corrected chi connectivity index (χ4v) is 4.57. The highest BCUT2D eigenvalue weighted by atomic mass is 32.1. The van der Waals surface area contributed by atoms with E-state index in [-0.39, 0.29) is 17.8 Å². The first-order valence-electron chi connectivity index (χ1n) is 10.9. The Hall–Kier alpha value is -3.65. The van der Waals surface area contributed by atoms with E-state index in [2.05, 4.69) is 21.3 Å². The van der Waals surface area contributed by atoms with Crippen LogP contribution in [-0.2, 0) is 11.3 Å². The van der Waals surface area contributed by atoms with E-state index >= 15 is 0 Å². The average molecular weight is 463 g/mol. The molecule has 1 fully saturated rings. The van der Waals surface area contributed by atoms with Gasteiger partial charge in [-0.1, -0.05) is 55.3 Å². The Morgan fingerprint density at radius 3 is 2.27 bits per heavy atom. The van der Waals surface area contributed by atoms with Gasteiger partial charge in [-0.25, -0.2) is 4.79 Å². The molecular weight excluding hydrogens is 436 g/mol. The summed E-state index contributed by atoms with van der Waals surface area (Å²) in [5.74, 6) is -0.450. The van der Waals surface area contributed by atoms with Crippen LogP contribution < -0.4 is 21.3 Å². The summed E-state index contributed by atoms with van der Waals surface area (Å²) in [7, 11) is 0. The molecule has 0 atom stereocenters. The lowest BCUT2D eigenvalue weighted by Crippen LogP contribution is -2.57. The summed E-state index contributed by atoms with van der Waals surface area (Å²) in [5.41, 5.74) is 1.16. The lowest BCUT2D eigenvalue weighted by molar-refractivity contribution is -0.121. The molecule has 7 nitrogen and oxygen atoms in total. The summed E-state index contributed by atoms with van der Waals surface area (Å²) in [4.78, 5) is 38.7. The molecule has 3 aromatic rings. The van der Waals surface area contributed by atoms with Crippen LogP contribution in [0.4, 0.5) is 16.2 Å². The van der Waals surface area contributed by atoms with E-state index in [0.717, 1.165) is 18.4 Å². The minimum atomic E-state index is -0.961. The quantitative estimate of drug-likeness (QED) is 0.408. The van der Waals surface area contributed by atoms with E-state index in [0.29, 0.717) is 35.6 Å². The van der Waals surface area contributed by atoms with E-state index in [1.807, 2.05) is 41.8 Å². The van der Waals surface area contributed by atoms with Gasteiger partial charge in [-0.3, -0.25) is 9.59 Å². The van der Waals surface area contributed by atoms with Gasteiger partial charge in [0.05, 0.1) is 4.88 Å². The normalized spacial score (nSPS) is 14.3. The van der Waals surface area contributed by atoms with Crippen LogP contribution in [0, 0.1) is 0 Å². The van der Waals surface area contributed by atoms with Crippen molar-refractivity contribution in [1.29, 1.82) is 0 Å². The largest absolute Gasteiger partial charge is 0.334 e. The van der Waals surface area contributed by atoms with E-state index in [9.17, 15) is 14.4 Å². The Morgan fingerprint density at radius 2 is 1.58 bits per heavy atom. The molecule has 0 unspecified atom stereocenters. The molecule has 1 aliphatic rings. The van der Waals surface area contributed by atoms with Crippen LogP contribution >= 0.6 is 11.3 Å². The van der Waals surface area contributed by atoms with Crippen molar-refractivity contribution in [3.05, 3.63) is 82.6 Å². The zero-order valence-electron chi connectivity index (χ0n) is 18.1. The van der Waals surface area contributed by atoms with E-state index in [1.54, 1.807) is 30.3 Å². The van der Waals surface area contributed by atoms with Crippen LogP contribution in [0.25, 0.3) is 0 Å². The summed E-state index contributed by atoms with van der Waals surface area (Å²) >= 11 is 1.36. The molecule has 4 rings (SSSR count). The number of anilines is 2. The highest BCUT2D eigenvalue weighted by Crippen LogP contribution is 2.31. The number of urea groups is 1. The van der Waals surface area contributed by atoms with Crippen LogP contribution in [0.15, 0.2) is 72.1 Å². The molecular formula is C25H26N4O3S. The molecule has 170 valence electrons. The summed E-state index contributed by atoms with van der Waals surface area (Å²) in [6.07, 6.45) is 2.88. The average Bonchev–Trinajstić information content (AvgIpc) is 3.52. The fourth-order valence-electron chi connectivity index (χ4n) is 3.95. The number of carbonyl (C=O) groups is 3. The van der Waals surface area contributed by atoms with Crippen molar-refractivity contribution in [2.24, 2.45) is 0 Å². The maximum atomic E-state index is 13.2. The molecule has 4 N–H and O–H groups in total. The van der Waals surface area contributed by atoms with Crippen LogP contribution in [0.1, 0.15) is 40.9 Å². The molecule has 0 radical (unpaired) electrons. The highest BCUT2D eigenvalue weighted by Gasteiger charge is 2.42. The molecule has 0 saturated heterocycles. The van der Waals surface area contributed by atoms with Gasteiger partial charge in [0.25, 0.3) is 5.91 Å². The van der Waals surface area contributed by atoms with E-state index < -0.39 is 5.54 Å². The van der Waals surface area contributed by atoms with Gasteiger partial charge in [0.15, 0.2) is 0 Å². The van der Waals surface area contributed by atoms with Crippen molar-refractivity contribution in [2.75, 3.05) is 10.6 Å². The first-order chi connectivity index (χ1) is 16.0. The van der Waals surface area contributed by atoms with Gasteiger partial charge in [0.1, 0.15) is 5.54 Å². The van der Waals surface area contributed by atoms with Gasteiger partial charge in [0, 0.05) is 17.9 Å². The molecule has 0 aliphatic heterocycles. The third-order valence-electron chi connectivity index (χ3n) is 5.66. The Kier molecular flexibility index (Phi) is 7.04. The zero-order valence-corrected chi connectivity index (χ0v) is 18.9. The fraction of sp³-hybridized carbons (Fsp3) is 0.240. The smallest absolute Gasteiger partial charge is 0.315 e. The molecule has 0 spiro atoms. The summed E-state index contributed by atoms with van der Waals surface area (Å²) in [6, 6.07) is 19.8. The van der Waals surface area contributed by atoms with Crippen LogP contribution in [-0.4, -0.2) is 23.4 Å². The van der Waals surface area contributed by atoms with Crippen molar-refractivity contribution in [3.63, 3.8) is 0 Å². The van der Waals surface area contributed by atoms with Gasteiger partial charge >= 0.3 is 6.03 Å². The van der Waals surface area contributed by atoms with Crippen molar-refractivity contribution in [2.45, 2.75) is 37.8 Å². The van der Waals surface area contributed by atoms with E-state index in [4.69, 9.17) is 0 Å². The maximum absolute atomic E-state index is 13.2. The van der Waals surface area contributed by atoms with Crippen molar-refractivity contribution < 1.29 is 14.4 Å². The Bertz CT molecular complexity index is 1110. The predicted molar refractivity (Wildman–Crippen MR) is 130 cm³/mol. The third kappa shape index (κ3) is 5.78. The number of amides is 4. The number of rotatable bonds is 7. The van der Waals surface area contributed by atoms with E-state index in [1.165, 1.54) is 11.3 Å². The molecule has 8 heteroatoms. The van der Waals surface area contributed by atoms with Crippen LogP contribution in [0.2, 0.25) is 0 Å². The van der Waals surface area contributed by atoms with Crippen molar-refractivity contribution in [3.8, 4) is 0 Å².